The summed E-state index contributed by atoms with van der Waals surface area (Å²) < 4.78 is 1.43. The summed E-state index contributed by atoms with van der Waals surface area (Å²) in [4.78, 5) is 10.3. The molecule has 1 aromatic carbocycles. The van der Waals surface area contributed by atoms with Crippen LogP contribution in [-0.2, 0) is 0 Å². The van der Waals surface area contributed by atoms with E-state index in [0.717, 1.165) is 4.70 Å². The zero-order valence-corrected chi connectivity index (χ0v) is 9.26. The van der Waals surface area contributed by atoms with Crippen LogP contribution in [0.15, 0.2) is 22.0 Å². The maximum absolute atomic E-state index is 10.8. The summed E-state index contributed by atoms with van der Waals surface area (Å²) in [5.41, 5.74) is 5.79. The van der Waals surface area contributed by atoms with Crippen LogP contribution in [0.3, 0.4) is 0 Å². The normalized spacial score (nSPS) is 10.6. The lowest BCUT2D eigenvalue weighted by atomic mass is 10.2. The number of anilines is 1. The van der Waals surface area contributed by atoms with Crippen LogP contribution in [0, 0.1) is 10.1 Å². The van der Waals surface area contributed by atoms with E-state index < -0.39 is 4.92 Å². The highest BCUT2D eigenvalue weighted by Gasteiger charge is 2.19. The number of nitrogens with two attached hydrogens (primary N) is 1. The van der Waals surface area contributed by atoms with Crippen LogP contribution in [0.25, 0.3) is 10.1 Å². The second-order valence-corrected chi connectivity index (χ2v) is 4.51. The van der Waals surface area contributed by atoms with E-state index in [9.17, 15) is 10.1 Å². The number of benzene rings is 1. The molecule has 0 fully saturated rings. The molecule has 72 valence electrons. The zero-order valence-electron chi connectivity index (χ0n) is 6.86. The number of nitro benzene ring substituents is 1. The van der Waals surface area contributed by atoms with Crippen LogP contribution in [0.1, 0.15) is 0 Å². The standard InChI is InChI=1S/C8H5BrN2O2S/c9-5-3-6-4(1-2-14-6)8(7(5)10)11(12)13/h1-3H,10H2. The van der Waals surface area contributed by atoms with E-state index in [1.807, 2.05) is 5.38 Å². The number of fused-ring (bicyclic) bond motifs is 1. The predicted molar refractivity (Wildman–Crippen MR) is 60.6 cm³/mol. The van der Waals surface area contributed by atoms with E-state index >= 15 is 0 Å². The monoisotopic (exact) mass is 272 g/mol. The zero-order chi connectivity index (χ0) is 10.3. The molecule has 0 aliphatic carbocycles. The fourth-order valence-electron chi connectivity index (χ4n) is 1.28. The van der Waals surface area contributed by atoms with Gasteiger partial charge in [0.15, 0.2) is 0 Å². The van der Waals surface area contributed by atoms with Crippen molar-refractivity contribution in [1.29, 1.82) is 0 Å². The third kappa shape index (κ3) is 1.27. The summed E-state index contributed by atoms with van der Waals surface area (Å²) in [6.45, 7) is 0. The second kappa shape index (κ2) is 3.21. The Morgan fingerprint density at radius 2 is 2.29 bits per heavy atom. The van der Waals surface area contributed by atoms with Crippen LogP contribution in [-0.4, -0.2) is 4.92 Å². The van der Waals surface area contributed by atoms with E-state index in [1.165, 1.54) is 11.3 Å². The van der Waals surface area contributed by atoms with Crippen molar-refractivity contribution in [2.75, 3.05) is 5.73 Å². The number of nitrogens with zero attached hydrogens (tertiary/aromatic N) is 1. The number of nitro groups is 1. The molecule has 2 N–H and O–H groups in total. The molecule has 0 saturated carbocycles. The molecule has 0 bridgehead atoms. The smallest absolute Gasteiger partial charge is 0.301 e. The van der Waals surface area contributed by atoms with Gasteiger partial charge in [-0.1, -0.05) is 0 Å². The maximum Gasteiger partial charge on any atom is 0.301 e. The van der Waals surface area contributed by atoms with Crippen LogP contribution >= 0.6 is 27.3 Å². The second-order valence-electron chi connectivity index (χ2n) is 2.71. The summed E-state index contributed by atoms with van der Waals surface area (Å²) >= 11 is 4.65. The Balaban J connectivity index is 2.93. The SMILES string of the molecule is Nc1c(Br)cc2sccc2c1[N+](=O)[O-]. The van der Waals surface area contributed by atoms with E-state index in [4.69, 9.17) is 5.73 Å². The summed E-state index contributed by atoms with van der Waals surface area (Å²) in [7, 11) is 0. The number of halogens is 1. The third-order valence-corrected chi connectivity index (χ3v) is 3.42. The van der Waals surface area contributed by atoms with E-state index in [0.29, 0.717) is 9.86 Å². The summed E-state index contributed by atoms with van der Waals surface area (Å²) in [6.07, 6.45) is 0. The van der Waals surface area contributed by atoms with Crippen LogP contribution in [0.5, 0.6) is 0 Å². The lowest BCUT2D eigenvalue weighted by Gasteiger charge is -2.00. The van der Waals surface area contributed by atoms with Crippen LogP contribution in [0.4, 0.5) is 11.4 Å². The number of thiophene rings is 1. The predicted octanol–water partition coefficient (Wildman–Crippen LogP) is 3.15. The molecule has 1 aromatic heterocycles. The molecule has 2 rings (SSSR count). The number of nitrogen functional groups attached to an aromatic ring is 1. The van der Waals surface area contributed by atoms with Gasteiger partial charge in [-0.05, 0) is 33.4 Å². The first kappa shape index (κ1) is 9.42. The summed E-state index contributed by atoms with van der Waals surface area (Å²) in [6, 6.07) is 3.50. The molecule has 0 atom stereocenters. The molecule has 2 aromatic rings. The van der Waals surface area contributed by atoms with Gasteiger partial charge in [-0.3, -0.25) is 10.1 Å². The van der Waals surface area contributed by atoms with Gasteiger partial charge < -0.3 is 5.73 Å². The molecule has 0 aliphatic rings. The van der Waals surface area contributed by atoms with Crippen LogP contribution < -0.4 is 5.73 Å². The molecule has 0 unspecified atom stereocenters. The van der Waals surface area contributed by atoms with Gasteiger partial charge >= 0.3 is 5.69 Å². The lowest BCUT2D eigenvalue weighted by molar-refractivity contribution is -0.382. The van der Waals surface area contributed by atoms with Crippen molar-refractivity contribution >= 4 is 48.7 Å². The van der Waals surface area contributed by atoms with Gasteiger partial charge in [0.1, 0.15) is 5.69 Å². The van der Waals surface area contributed by atoms with Gasteiger partial charge in [-0.15, -0.1) is 11.3 Å². The Bertz CT molecular complexity index is 523. The molecule has 0 amide bonds. The topological polar surface area (TPSA) is 69.2 Å². The van der Waals surface area contributed by atoms with Crippen molar-refractivity contribution in [2.45, 2.75) is 0 Å². The molecule has 6 heteroatoms. The number of hydrogen-bond donors (Lipinski definition) is 1. The Hall–Kier alpha value is -1.14. The minimum Gasteiger partial charge on any atom is -0.392 e. The van der Waals surface area contributed by atoms with Gasteiger partial charge in [0.25, 0.3) is 0 Å². The van der Waals surface area contributed by atoms with Gasteiger partial charge in [0.05, 0.1) is 10.3 Å². The molecule has 1 heterocycles. The first-order valence-electron chi connectivity index (χ1n) is 3.71. The summed E-state index contributed by atoms with van der Waals surface area (Å²) in [5, 5.41) is 13.2. The number of rotatable bonds is 1. The molecule has 0 saturated heterocycles. The Morgan fingerprint density at radius 1 is 1.57 bits per heavy atom. The van der Waals surface area contributed by atoms with Crippen LogP contribution in [0.2, 0.25) is 0 Å². The van der Waals surface area contributed by atoms with Crippen molar-refractivity contribution in [2.24, 2.45) is 0 Å². The average Bonchev–Trinajstić information content (AvgIpc) is 2.52. The van der Waals surface area contributed by atoms with E-state index in [2.05, 4.69) is 15.9 Å². The Labute approximate surface area is 91.6 Å². The third-order valence-electron chi connectivity index (χ3n) is 1.90. The highest BCUT2D eigenvalue weighted by atomic mass is 79.9. The Morgan fingerprint density at radius 3 is 2.93 bits per heavy atom. The van der Waals surface area contributed by atoms with Gasteiger partial charge in [-0.25, -0.2) is 0 Å². The van der Waals surface area contributed by atoms with Crippen molar-refractivity contribution in [3.8, 4) is 0 Å². The first-order chi connectivity index (χ1) is 6.61. The number of hydrogen-bond acceptors (Lipinski definition) is 4. The maximum atomic E-state index is 10.8. The van der Waals surface area contributed by atoms with E-state index in [-0.39, 0.29) is 11.4 Å². The lowest BCUT2D eigenvalue weighted by Crippen LogP contribution is -1.96. The van der Waals surface area contributed by atoms with Gasteiger partial charge in [-0.2, -0.15) is 0 Å². The fraction of sp³-hybridized carbons (Fsp3) is 0. The largest absolute Gasteiger partial charge is 0.392 e. The molecule has 0 radical (unpaired) electrons. The molecule has 0 aliphatic heterocycles. The summed E-state index contributed by atoms with van der Waals surface area (Å²) in [5.74, 6) is 0. The average molecular weight is 273 g/mol. The minimum absolute atomic E-state index is 0.0179. The fourth-order valence-corrected chi connectivity index (χ4v) is 2.67. The first-order valence-corrected chi connectivity index (χ1v) is 5.38. The van der Waals surface area contributed by atoms with Crippen molar-refractivity contribution in [3.05, 3.63) is 32.1 Å². The molecular formula is C8H5BrN2O2S. The van der Waals surface area contributed by atoms with Crippen molar-refractivity contribution in [1.82, 2.24) is 0 Å². The Kier molecular flexibility index (Phi) is 2.16. The highest BCUT2D eigenvalue weighted by molar-refractivity contribution is 9.10. The highest BCUT2D eigenvalue weighted by Crippen LogP contribution is 2.39. The minimum atomic E-state index is -0.449. The van der Waals surface area contributed by atoms with Crippen molar-refractivity contribution in [3.63, 3.8) is 0 Å². The molecule has 0 spiro atoms. The quantitative estimate of drug-likeness (QED) is 0.493. The molecule has 4 nitrogen and oxygen atoms in total. The molecular weight excluding hydrogens is 268 g/mol. The van der Waals surface area contributed by atoms with E-state index in [1.54, 1.807) is 12.1 Å². The van der Waals surface area contributed by atoms with Gasteiger partial charge in [0, 0.05) is 9.17 Å². The van der Waals surface area contributed by atoms with Crippen molar-refractivity contribution < 1.29 is 4.92 Å². The molecule has 14 heavy (non-hydrogen) atoms. The van der Waals surface area contributed by atoms with Gasteiger partial charge in [0.2, 0.25) is 0 Å².